The van der Waals surface area contributed by atoms with Crippen molar-refractivity contribution in [1.82, 2.24) is 4.98 Å². The van der Waals surface area contributed by atoms with E-state index < -0.39 is 5.79 Å². The average molecular weight is 271 g/mol. The molecule has 1 aromatic carbocycles. The van der Waals surface area contributed by atoms with Crippen molar-refractivity contribution in [1.29, 1.82) is 0 Å². The highest BCUT2D eigenvalue weighted by Crippen LogP contribution is 2.41. The van der Waals surface area contributed by atoms with Crippen molar-refractivity contribution in [2.75, 3.05) is 20.3 Å². The molecule has 0 aliphatic carbocycles. The zero-order valence-corrected chi connectivity index (χ0v) is 11.4. The van der Waals surface area contributed by atoms with Gasteiger partial charge in [0.15, 0.2) is 0 Å². The van der Waals surface area contributed by atoms with Gasteiger partial charge < -0.3 is 14.2 Å². The summed E-state index contributed by atoms with van der Waals surface area (Å²) >= 11 is 0. The molecule has 104 valence electrons. The molecule has 1 saturated heterocycles. The molecule has 0 bridgehead atoms. The fourth-order valence-electron chi connectivity index (χ4n) is 2.48. The summed E-state index contributed by atoms with van der Waals surface area (Å²) in [5.41, 5.74) is 1.75. The number of nitrogens with zero attached hydrogens (tertiary/aromatic N) is 1. The van der Waals surface area contributed by atoms with Crippen molar-refractivity contribution < 1.29 is 14.2 Å². The topological polar surface area (TPSA) is 40.6 Å². The fraction of sp³-hybridized carbons (Fsp3) is 0.312. The Morgan fingerprint density at radius 3 is 2.60 bits per heavy atom. The Balaban J connectivity index is 2.15. The number of methoxy groups -OCH3 is 1. The van der Waals surface area contributed by atoms with E-state index >= 15 is 0 Å². The highest BCUT2D eigenvalue weighted by Gasteiger charge is 2.41. The number of hydrogen-bond donors (Lipinski definition) is 0. The molecular formula is C16H17NO3. The Morgan fingerprint density at radius 2 is 1.90 bits per heavy atom. The van der Waals surface area contributed by atoms with Crippen LogP contribution in [-0.2, 0) is 15.3 Å². The van der Waals surface area contributed by atoms with Gasteiger partial charge in [0.25, 0.3) is 0 Å². The maximum absolute atomic E-state index is 6.04. The monoisotopic (exact) mass is 271 g/mol. The molecule has 0 amide bonds. The molecule has 2 aromatic rings. The Hall–Kier alpha value is -1.91. The van der Waals surface area contributed by atoms with Crippen LogP contribution in [0, 0.1) is 0 Å². The summed E-state index contributed by atoms with van der Waals surface area (Å²) < 4.78 is 17.5. The van der Waals surface area contributed by atoms with E-state index in [1.54, 1.807) is 19.5 Å². The summed E-state index contributed by atoms with van der Waals surface area (Å²) in [7, 11) is 1.65. The standard InChI is InChI=1S/C16H17NO3/c1-18-15-8-3-2-7-14(15)16(19-10-5-11-20-16)13-6-4-9-17-12-13/h2-4,6-9,12H,5,10-11H2,1H3. The second kappa shape index (κ2) is 5.61. The molecule has 1 fully saturated rings. The van der Waals surface area contributed by atoms with Crippen molar-refractivity contribution >= 4 is 0 Å². The first-order valence-electron chi connectivity index (χ1n) is 6.69. The molecule has 1 aromatic heterocycles. The number of rotatable bonds is 3. The lowest BCUT2D eigenvalue weighted by Gasteiger charge is -2.38. The first-order valence-corrected chi connectivity index (χ1v) is 6.69. The second-order valence-electron chi connectivity index (χ2n) is 4.61. The maximum Gasteiger partial charge on any atom is 0.227 e. The highest BCUT2D eigenvalue weighted by atomic mass is 16.7. The van der Waals surface area contributed by atoms with Crippen molar-refractivity contribution in [3.05, 3.63) is 59.9 Å². The third-order valence-electron chi connectivity index (χ3n) is 3.40. The van der Waals surface area contributed by atoms with Crippen LogP contribution >= 0.6 is 0 Å². The van der Waals surface area contributed by atoms with Crippen LogP contribution in [0.2, 0.25) is 0 Å². The van der Waals surface area contributed by atoms with E-state index in [2.05, 4.69) is 4.98 Å². The number of hydrogen-bond acceptors (Lipinski definition) is 4. The van der Waals surface area contributed by atoms with Crippen LogP contribution in [0.4, 0.5) is 0 Å². The molecule has 0 atom stereocenters. The van der Waals surface area contributed by atoms with Gasteiger partial charge in [-0.2, -0.15) is 0 Å². The summed E-state index contributed by atoms with van der Waals surface area (Å²) in [4.78, 5) is 4.19. The smallest absolute Gasteiger partial charge is 0.227 e. The van der Waals surface area contributed by atoms with Gasteiger partial charge in [0, 0.05) is 18.0 Å². The zero-order valence-electron chi connectivity index (χ0n) is 11.4. The molecule has 0 radical (unpaired) electrons. The largest absolute Gasteiger partial charge is 0.496 e. The molecule has 1 aliphatic rings. The van der Waals surface area contributed by atoms with Gasteiger partial charge in [-0.1, -0.05) is 18.2 Å². The van der Waals surface area contributed by atoms with Gasteiger partial charge in [-0.05, 0) is 24.6 Å². The SMILES string of the molecule is COc1ccccc1C1(c2cccnc2)OCCCO1. The van der Waals surface area contributed by atoms with Gasteiger partial charge in [-0.15, -0.1) is 0 Å². The predicted octanol–water partition coefficient (Wildman–Crippen LogP) is 2.73. The van der Waals surface area contributed by atoms with E-state index in [4.69, 9.17) is 14.2 Å². The molecule has 0 spiro atoms. The van der Waals surface area contributed by atoms with E-state index in [0.29, 0.717) is 13.2 Å². The highest BCUT2D eigenvalue weighted by molar-refractivity contribution is 5.42. The van der Waals surface area contributed by atoms with E-state index in [9.17, 15) is 0 Å². The Morgan fingerprint density at radius 1 is 1.10 bits per heavy atom. The Kier molecular flexibility index (Phi) is 3.67. The Labute approximate surface area is 118 Å². The lowest BCUT2D eigenvalue weighted by Crippen LogP contribution is -2.39. The first kappa shape index (κ1) is 13.1. The molecular weight excluding hydrogens is 254 g/mol. The van der Waals surface area contributed by atoms with Gasteiger partial charge in [0.2, 0.25) is 5.79 Å². The molecule has 1 aliphatic heterocycles. The van der Waals surface area contributed by atoms with Crippen LogP contribution in [-0.4, -0.2) is 25.3 Å². The first-order chi connectivity index (χ1) is 9.87. The quantitative estimate of drug-likeness (QED) is 0.860. The number of ether oxygens (including phenoxy) is 3. The minimum Gasteiger partial charge on any atom is -0.496 e. The third kappa shape index (κ3) is 2.17. The van der Waals surface area contributed by atoms with Gasteiger partial charge in [-0.3, -0.25) is 4.98 Å². The number of aromatic nitrogens is 1. The van der Waals surface area contributed by atoms with Crippen molar-refractivity contribution in [3.63, 3.8) is 0 Å². The summed E-state index contributed by atoms with van der Waals surface area (Å²) in [5.74, 6) is -0.183. The molecule has 20 heavy (non-hydrogen) atoms. The van der Waals surface area contributed by atoms with Crippen LogP contribution < -0.4 is 4.74 Å². The van der Waals surface area contributed by atoms with Crippen molar-refractivity contribution in [2.24, 2.45) is 0 Å². The van der Waals surface area contributed by atoms with E-state index in [1.807, 2.05) is 36.4 Å². The molecule has 0 saturated carbocycles. The lowest BCUT2D eigenvalue weighted by molar-refractivity contribution is -0.250. The molecule has 0 unspecified atom stereocenters. The van der Waals surface area contributed by atoms with Crippen molar-refractivity contribution in [2.45, 2.75) is 12.2 Å². The second-order valence-corrected chi connectivity index (χ2v) is 4.61. The summed E-state index contributed by atoms with van der Waals surface area (Å²) in [5, 5.41) is 0. The predicted molar refractivity (Wildman–Crippen MR) is 74.5 cm³/mol. The number of para-hydroxylation sites is 1. The van der Waals surface area contributed by atoms with E-state index in [-0.39, 0.29) is 0 Å². The van der Waals surface area contributed by atoms with E-state index in [0.717, 1.165) is 23.3 Å². The van der Waals surface area contributed by atoms with E-state index in [1.165, 1.54) is 0 Å². The average Bonchev–Trinajstić information content (AvgIpc) is 2.56. The molecule has 4 nitrogen and oxygen atoms in total. The maximum atomic E-state index is 6.04. The lowest BCUT2D eigenvalue weighted by atomic mass is 9.96. The number of benzene rings is 1. The van der Waals surface area contributed by atoms with Gasteiger partial charge in [-0.25, -0.2) is 0 Å². The zero-order chi connectivity index (χ0) is 13.8. The van der Waals surface area contributed by atoms with Gasteiger partial charge >= 0.3 is 0 Å². The minimum absolute atomic E-state index is 0.646. The third-order valence-corrected chi connectivity index (χ3v) is 3.40. The van der Waals surface area contributed by atoms with Crippen LogP contribution in [0.1, 0.15) is 17.5 Å². The summed E-state index contributed by atoms with van der Waals surface area (Å²) in [6.45, 7) is 1.29. The van der Waals surface area contributed by atoms with Crippen LogP contribution in [0.15, 0.2) is 48.8 Å². The number of pyridine rings is 1. The summed E-state index contributed by atoms with van der Waals surface area (Å²) in [6, 6.07) is 11.6. The summed E-state index contributed by atoms with van der Waals surface area (Å²) in [6.07, 6.45) is 4.40. The molecule has 2 heterocycles. The molecule has 4 heteroatoms. The molecule has 3 rings (SSSR count). The van der Waals surface area contributed by atoms with Gasteiger partial charge in [0.05, 0.1) is 25.9 Å². The van der Waals surface area contributed by atoms with Crippen LogP contribution in [0.5, 0.6) is 5.75 Å². The fourth-order valence-corrected chi connectivity index (χ4v) is 2.48. The van der Waals surface area contributed by atoms with Gasteiger partial charge in [0.1, 0.15) is 5.75 Å². The van der Waals surface area contributed by atoms with Crippen LogP contribution in [0.3, 0.4) is 0 Å². The Bertz CT molecular complexity index is 565. The minimum atomic E-state index is -0.931. The molecule has 0 N–H and O–H groups in total. The van der Waals surface area contributed by atoms with Crippen LogP contribution in [0.25, 0.3) is 0 Å². The van der Waals surface area contributed by atoms with Crippen molar-refractivity contribution in [3.8, 4) is 5.75 Å². The normalized spacial score (nSPS) is 17.6.